The second-order valence-electron chi connectivity index (χ2n) is 6.49. The van der Waals surface area contributed by atoms with Crippen molar-refractivity contribution in [2.75, 3.05) is 6.61 Å². The molecular formula is C19H22N2O2S. The average molecular weight is 342 g/mol. The van der Waals surface area contributed by atoms with Crippen LogP contribution in [0.3, 0.4) is 0 Å². The second-order valence-corrected chi connectivity index (χ2v) is 7.61. The van der Waals surface area contributed by atoms with Gasteiger partial charge in [0.1, 0.15) is 0 Å². The minimum Gasteiger partial charge on any atom is -0.465 e. The molecule has 0 radical (unpaired) electrons. The van der Waals surface area contributed by atoms with Crippen LogP contribution < -0.4 is 0 Å². The number of aromatic nitrogens is 1. The number of nitrogens with zero attached hydrogens (tertiary/aromatic N) is 2. The molecule has 1 aromatic heterocycles. The van der Waals surface area contributed by atoms with Gasteiger partial charge in [0.2, 0.25) is 0 Å². The van der Waals surface area contributed by atoms with E-state index in [4.69, 9.17) is 15.0 Å². The molecule has 0 bridgehead atoms. The number of esters is 1. The van der Waals surface area contributed by atoms with E-state index in [1.807, 2.05) is 18.2 Å². The molecule has 126 valence electrons. The Morgan fingerprint density at radius 3 is 2.83 bits per heavy atom. The Hall–Kier alpha value is -1.93. The number of ether oxygens (including phenoxy) is 1. The summed E-state index contributed by atoms with van der Waals surface area (Å²) in [5.41, 5.74) is 0.574. The molecule has 24 heavy (non-hydrogen) atoms. The fraction of sp³-hybridized carbons (Fsp3) is 0.526. The topological polar surface area (TPSA) is 63.0 Å². The lowest BCUT2D eigenvalue weighted by molar-refractivity contribution is -0.158. The zero-order valence-electron chi connectivity index (χ0n) is 13.8. The molecule has 2 aromatic rings. The maximum atomic E-state index is 12.8. The summed E-state index contributed by atoms with van der Waals surface area (Å²) in [4.78, 5) is 17.5. The molecule has 0 saturated heterocycles. The fourth-order valence-corrected chi connectivity index (χ4v) is 4.55. The highest BCUT2D eigenvalue weighted by atomic mass is 32.1. The van der Waals surface area contributed by atoms with E-state index in [2.05, 4.69) is 12.1 Å². The van der Waals surface area contributed by atoms with Crippen molar-refractivity contribution >= 4 is 27.5 Å². The summed E-state index contributed by atoms with van der Waals surface area (Å²) in [7, 11) is 0. The SMILES string of the molecule is N#CCCCOC(=O)C1(Cc2nc3ccccc3s2)CCCCC1. The van der Waals surface area contributed by atoms with Gasteiger partial charge in [-0.25, -0.2) is 4.98 Å². The number of carbonyl (C=O) groups is 1. The van der Waals surface area contributed by atoms with Gasteiger partial charge in [0.05, 0.1) is 33.3 Å². The second kappa shape index (κ2) is 7.76. The largest absolute Gasteiger partial charge is 0.465 e. The highest BCUT2D eigenvalue weighted by molar-refractivity contribution is 7.18. The fourth-order valence-electron chi connectivity index (χ4n) is 3.44. The molecule has 1 aromatic carbocycles. The monoisotopic (exact) mass is 342 g/mol. The summed E-state index contributed by atoms with van der Waals surface area (Å²) in [6.07, 6.45) is 6.78. The summed E-state index contributed by atoms with van der Waals surface area (Å²) >= 11 is 1.68. The molecule has 1 saturated carbocycles. The molecule has 0 aliphatic heterocycles. The lowest BCUT2D eigenvalue weighted by Gasteiger charge is -2.34. The van der Waals surface area contributed by atoms with E-state index in [9.17, 15) is 4.79 Å². The molecule has 1 heterocycles. The molecule has 1 aliphatic carbocycles. The third kappa shape index (κ3) is 3.76. The van der Waals surface area contributed by atoms with Crippen LogP contribution in [0.2, 0.25) is 0 Å². The molecule has 4 nitrogen and oxygen atoms in total. The van der Waals surface area contributed by atoms with Gasteiger partial charge in [0, 0.05) is 12.8 Å². The van der Waals surface area contributed by atoms with E-state index in [0.29, 0.717) is 25.9 Å². The van der Waals surface area contributed by atoms with Crippen molar-refractivity contribution in [3.05, 3.63) is 29.3 Å². The van der Waals surface area contributed by atoms with Gasteiger partial charge < -0.3 is 4.74 Å². The molecule has 1 fully saturated rings. The first-order valence-electron chi connectivity index (χ1n) is 8.62. The number of benzene rings is 1. The third-order valence-electron chi connectivity index (χ3n) is 4.74. The lowest BCUT2D eigenvalue weighted by atomic mass is 9.72. The van der Waals surface area contributed by atoms with E-state index >= 15 is 0 Å². The maximum Gasteiger partial charge on any atom is 0.312 e. The molecule has 0 spiro atoms. The third-order valence-corrected chi connectivity index (χ3v) is 5.77. The first kappa shape index (κ1) is 16.9. The predicted molar refractivity (Wildman–Crippen MR) is 94.6 cm³/mol. The molecule has 0 unspecified atom stereocenters. The normalized spacial score (nSPS) is 16.6. The van der Waals surface area contributed by atoms with Crippen molar-refractivity contribution in [2.45, 2.75) is 51.4 Å². The summed E-state index contributed by atoms with van der Waals surface area (Å²) < 4.78 is 6.69. The van der Waals surface area contributed by atoms with Crippen LogP contribution in [-0.4, -0.2) is 17.6 Å². The summed E-state index contributed by atoms with van der Waals surface area (Å²) in [5, 5.41) is 9.62. The van der Waals surface area contributed by atoms with Crippen LogP contribution in [-0.2, 0) is 16.0 Å². The van der Waals surface area contributed by atoms with Crippen molar-refractivity contribution in [2.24, 2.45) is 5.41 Å². The number of rotatable bonds is 6. The minimum atomic E-state index is -0.432. The summed E-state index contributed by atoms with van der Waals surface area (Å²) in [6.45, 7) is 0.341. The number of thiazole rings is 1. The molecule has 5 heteroatoms. The number of hydrogen-bond donors (Lipinski definition) is 0. The van der Waals surface area contributed by atoms with Crippen LogP contribution in [0.5, 0.6) is 0 Å². The first-order valence-corrected chi connectivity index (χ1v) is 9.44. The van der Waals surface area contributed by atoms with E-state index in [-0.39, 0.29) is 5.97 Å². The highest BCUT2D eigenvalue weighted by Crippen LogP contribution is 2.41. The Labute approximate surface area is 146 Å². The minimum absolute atomic E-state index is 0.0978. The van der Waals surface area contributed by atoms with Gasteiger partial charge in [-0.1, -0.05) is 31.4 Å². The number of carbonyl (C=O) groups excluding carboxylic acids is 1. The highest BCUT2D eigenvalue weighted by Gasteiger charge is 2.41. The van der Waals surface area contributed by atoms with Crippen LogP contribution in [0.15, 0.2) is 24.3 Å². The van der Waals surface area contributed by atoms with E-state index in [1.54, 1.807) is 11.3 Å². The molecule has 1 aliphatic rings. The van der Waals surface area contributed by atoms with Gasteiger partial charge in [-0.05, 0) is 31.4 Å². The van der Waals surface area contributed by atoms with Gasteiger partial charge in [0.25, 0.3) is 0 Å². The van der Waals surface area contributed by atoms with Gasteiger partial charge in [-0.2, -0.15) is 5.26 Å². The number of para-hydroxylation sites is 1. The van der Waals surface area contributed by atoms with Gasteiger partial charge in [0.15, 0.2) is 0 Å². The molecule has 3 rings (SSSR count). The zero-order valence-corrected chi connectivity index (χ0v) is 14.6. The van der Waals surface area contributed by atoms with E-state index in [1.165, 1.54) is 11.1 Å². The van der Waals surface area contributed by atoms with Gasteiger partial charge in [-0.15, -0.1) is 11.3 Å². The summed E-state index contributed by atoms with van der Waals surface area (Å²) in [5.74, 6) is -0.0978. The Morgan fingerprint density at radius 1 is 1.29 bits per heavy atom. The van der Waals surface area contributed by atoms with Crippen LogP contribution >= 0.6 is 11.3 Å². The lowest BCUT2D eigenvalue weighted by Crippen LogP contribution is -2.37. The van der Waals surface area contributed by atoms with Crippen LogP contribution in [0.4, 0.5) is 0 Å². The Bertz CT molecular complexity index is 708. The van der Waals surface area contributed by atoms with Crippen molar-refractivity contribution in [3.8, 4) is 6.07 Å². The average Bonchev–Trinajstić information content (AvgIpc) is 3.01. The van der Waals surface area contributed by atoms with Crippen LogP contribution in [0.1, 0.15) is 50.0 Å². The van der Waals surface area contributed by atoms with Crippen molar-refractivity contribution < 1.29 is 9.53 Å². The van der Waals surface area contributed by atoms with E-state index < -0.39 is 5.41 Å². The maximum absolute atomic E-state index is 12.8. The molecule has 0 amide bonds. The Morgan fingerprint density at radius 2 is 2.08 bits per heavy atom. The van der Waals surface area contributed by atoms with Crippen LogP contribution in [0, 0.1) is 16.7 Å². The summed E-state index contributed by atoms with van der Waals surface area (Å²) in [6, 6.07) is 10.2. The van der Waals surface area contributed by atoms with Crippen molar-refractivity contribution in [1.82, 2.24) is 4.98 Å². The predicted octanol–water partition coefficient (Wildman–Crippen LogP) is 4.64. The van der Waals surface area contributed by atoms with Crippen molar-refractivity contribution in [3.63, 3.8) is 0 Å². The van der Waals surface area contributed by atoms with E-state index in [0.717, 1.165) is 36.2 Å². The standard InChI is InChI=1S/C19H22N2O2S/c20-12-6-7-13-23-18(22)19(10-4-1-5-11-19)14-17-21-15-8-2-3-9-16(15)24-17/h2-3,8-9H,1,4-7,10-11,13-14H2. The molecule has 0 N–H and O–H groups in total. The Balaban J connectivity index is 1.75. The van der Waals surface area contributed by atoms with Gasteiger partial charge in [-0.3, -0.25) is 4.79 Å². The smallest absolute Gasteiger partial charge is 0.312 e. The van der Waals surface area contributed by atoms with Crippen molar-refractivity contribution in [1.29, 1.82) is 5.26 Å². The molecule has 0 atom stereocenters. The molecular weight excluding hydrogens is 320 g/mol. The first-order chi connectivity index (χ1) is 11.7. The van der Waals surface area contributed by atoms with Gasteiger partial charge >= 0.3 is 5.97 Å². The number of hydrogen-bond acceptors (Lipinski definition) is 5. The Kier molecular flexibility index (Phi) is 5.47. The zero-order chi connectivity index (χ0) is 16.8. The number of unbranched alkanes of at least 4 members (excludes halogenated alkanes) is 1. The number of nitriles is 1. The number of fused-ring (bicyclic) bond motifs is 1. The quantitative estimate of drug-likeness (QED) is 0.567. The van der Waals surface area contributed by atoms with Crippen LogP contribution in [0.25, 0.3) is 10.2 Å².